The van der Waals surface area contributed by atoms with E-state index in [-0.39, 0.29) is 12.5 Å². The van der Waals surface area contributed by atoms with Crippen LogP contribution in [0.15, 0.2) is 42.5 Å². The number of rotatable bonds is 4. The third-order valence-corrected chi connectivity index (χ3v) is 3.51. The van der Waals surface area contributed by atoms with Crippen LogP contribution in [0, 0.1) is 13.8 Å². The number of amides is 1. The molecule has 3 nitrogen and oxygen atoms in total. The van der Waals surface area contributed by atoms with Crippen LogP contribution in [0.25, 0.3) is 0 Å². The molecule has 2 N–H and O–H groups in total. The van der Waals surface area contributed by atoms with Gasteiger partial charge >= 0.3 is 0 Å². The first-order chi connectivity index (χ1) is 9.61. The SMILES string of the molecule is Cc1cccc(C(=O)NCc2ccc(CO)cc2)c1C. The van der Waals surface area contributed by atoms with Gasteiger partial charge in [0.1, 0.15) is 0 Å². The Morgan fingerprint density at radius 2 is 1.70 bits per heavy atom. The quantitative estimate of drug-likeness (QED) is 0.896. The summed E-state index contributed by atoms with van der Waals surface area (Å²) in [5.74, 6) is -0.0579. The van der Waals surface area contributed by atoms with Crippen molar-refractivity contribution in [2.45, 2.75) is 27.0 Å². The van der Waals surface area contributed by atoms with Gasteiger partial charge in [-0.2, -0.15) is 0 Å². The lowest BCUT2D eigenvalue weighted by atomic mass is 10.0. The van der Waals surface area contributed by atoms with Crippen molar-refractivity contribution in [3.63, 3.8) is 0 Å². The Balaban J connectivity index is 2.02. The maximum atomic E-state index is 12.2. The van der Waals surface area contributed by atoms with E-state index >= 15 is 0 Å². The lowest BCUT2D eigenvalue weighted by Gasteiger charge is -2.09. The van der Waals surface area contributed by atoms with Gasteiger partial charge in [-0.15, -0.1) is 0 Å². The zero-order valence-electron chi connectivity index (χ0n) is 11.8. The Hall–Kier alpha value is -2.13. The molecule has 0 unspecified atom stereocenters. The molecule has 0 aromatic heterocycles. The molecular weight excluding hydrogens is 250 g/mol. The molecule has 0 fully saturated rings. The molecule has 2 aromatic rings. The molecule has 104 valence electrons. The minimum Gasteiger partial charge on any atom is -0.392 e. The first kappa shape index (κ1) is 14.3. The highest BCUT2D eigenvalue weighted by Gasteiger charge is 2.09. The fraction of sp³-hybridized carbons (Fsp3) is 0.235. The highest BCUT2D eigenvalue weighted by molar-refractivity contribution is 5.95. The molecule has 1 amide bonds. The third-order valence-electron chi connectivity index (χ3n) is 3.51. The van der Waals surface area contributed by atoms with Gasteiger partial charge in [0.15, 0.2) is 0 Å². The normalized spacial score (nSPS) is 10.3. The largest absolute Gasteiger partial charge is 0.392 e. The van der Waals surface area contributed by atoms with Crippen LogP contribution in [-0.2, 0) is 13.2 Å². The summed E-state index contributed by atoms with van der Waals surface area (Å²) < 4.78 is 0. The molecule has 0 atom stereocenters. The van der Waals surface area contributed by atoms with E-state index in [4.69, 9.17) is 5.11 Å². The number of aliphatic hydroxyl groups is 1. The molecule has 2 rings (SSSR count). The number of benzene rings is 2. The first-order valence-corrected chi connectivity index (χ1v) is 6.65. The second kappa shape index (κ2) is 6.35. The van der Waals surface area contributed by atoms with Crippen molar-refractivity contribution in [1.82, 2.24) is 5.32 Å². The van der Waals surface area contributed by atoms with Gasteiger partial charge in [-0.3, -0.25) is 4.79 Å². The van der Waals surface area contributed by atoms with Crippen LogP contribution >= 0.6 is 0 Å². The Labute approximate surface area is 119 Å². The summed E-state index contributed by atoms with van der Waals surface area (Å²) in [6, 6.07) is 13.3. The van der Waals surface area contributed by atoms with Crippen molar-refractivity contribution in [3.05, 3.63) is 70.3 Å². The molecule has 0 aliphatic rings. The number of hydrogen-bond acceptors (Lipinski definition) is 2. The van der Waals surface area contributed by atoms with Crippen LogP contribution in [-0.4, -0.2) is 11.0 Å². The van der Waals surface area contributed by atoms with Crippen molar-refractivity contribution in [2.75, 3.05) is 0 Å². The molecule has 3 heteroatoms. The molecule has 0 saturated heterocycles. The van der Waals surface area contributed by atoms with E-state index < -0.39 is 0 Å². The number of carbonyl (C=O) groups is 1. The number of aliphatic hydroxyl groups excluding tert-OH is 1. The molecule has 0 saturated carbocycles. The summed E-state index contributed by atoms with van der Waals surface area (Å²) in [5, 5.41) is 11.9. The van der Waals surface area contributed by atoms with Gasteiger partial charge in [0.05, 0.1) is 6.61 Å². The second-order valence-electron chi connectivity index (χ2n) is 4.90. The van der Waals surface area contributed by atoms with Crippen molar-refractivity contribution in [2.24, 2.45) is 0 Å². The van der Waals surface area contributed by atoms with Gasteiger partial charge in [-0.05, 0) is 42.2 Å². The van der Waals surface area contributed by atoms with E-state index in [9.17, 15) is 4.79 Å². The van der Waals surface area contributed by atoms with Crippen molar-refractivity contribution < 1.29 is 9.90 Å². The van der Waals surface area contributed by atoms with E-state index in [0.29, 0.717) is 6.54 Å². The number of aryl methyl sites for hydroxylation is 1. The Morgan fingerprint density at radius 1 is 1.05 bits per heavy atom. The van der Waals surface area contributed by atoms with Gasteiger partial charge in [0.2, 0.25) is 0 Å². The zero-order valence-corrected chi connectivity index (χ0v) is 11.8. The van der Waals surface area contributed by atoms with E-state index in [2.05, 4.69) is 5.32 Å². The maximum Gasteiger partial charge on any atom is 0.251 e. The lowest BCUT2D eigenvalue weighted by molar-refractivity contribution is 0.0950. The van der Waals surface area contributed by atoms with Crippen LogP contribution in [0.1, 0.15) is 32.6 Å². The van der Waals surface area contributed by atoms with Gasteiger partial charge < -0.3 is 10.4 Å². The van der Waals surface area contributed by atoms with Crippen molar-refractivity contribution in [1.29, 1.82) is 0 Å². The summed E-state index contributed by atoms with van der Waals surface area (Å²) in [5.41, 5.74) is 4.73. The molecule has 0 heterocycles. The minimum absolute atomic E-state index is 0.0368. The summed E-state index contributed by atoms with van der Waals surface area (Å²) >= 11 is 0. The van der Waals surface area contributed by atoms with Crippen LogP contribution in [0.4, 0.5) is 0 Å². The van der Waals surface area contributed by atoms with Crippen LogP contribution in [0.3, 0.4) is 0 Å². The van der Waals surface area contributed by atoms with E-state index in [1.54, 1.807) is 0 Å². The number of hydrogen-bond donors (Lipinski definition) is 2. The molecular formula is C17H19NO2. The molecule has 0 aliphatic carbocycles. The summed E-state index contributed by atoms with van der Waals surface area (Å²) in [6.45, 7) is 4.48. The predicted octanol–water partition coefficient (Wildman–Crippen LogP) is 2.73. The fourth-order valence-corrected chi connectivity index (χ4v) is 2.04. The monoisotopic (exact) mass is 269 g/mol. The zero-order chi connectivity index (χ0) is 14.5. The summed E-state index contributed by atoms with van der Waals surface area (Å²) in [7, 11) is 0. The average molecular weight is 269 g/mol. The molecule has 0 bridgehead atoms. The molecule has 2 aromatic carbocycles. The predicted molar refractivity (Wildman–Crippen MR) is 79.5 cm³/mol. The van der Waals surface area contributed by atoms with E-state index in [0.717, 1.165) is 27.8 Å². The maximum absolute atomic E-state index is 12.2. The molecule has 0 spiro atoms. The minimum atomic E-state index is -0.0579. The fourth-order valence-electron chi connectivity index (χ4n) is 2.04. The average Bonchev–Trinajstić information content (AvgIpc) is 2.48. The van der Waals surface area contributed by atoms with Gasteiger partial charge in [-0.1, -0.05) is 36.4 Å². The number of nitrogens with one attached hydrogen (secondary N) is 1. The Morgan fingerprint density at radius 3 is 2.35 bits per heavy atom. The molecule has 0 aliphatic heterocycles. The lowest BCUT2D eigenvalue weighted by Crippen LogP contribution is -2.23. The smallest absolute Gasteiger partial charge is 0.251 e. The van der Waals surface area contributed by atoms with Gasteiger partial charge in [-0.25, -0.2) is 0 Å². The Kier molecular flexibility index (Phi) is 4.53. The molecule has 20 heavy (non-hydrogen) atoms. The van der Waals surface area contributed by atoms with Crippen molar-refractivity contribution in [3.8, 4) is 0 Å². The standard InChI is InChI=1S/C17H19NO2/c1-12-4-3-5-16(13(12)2)17(20)18-10-14-6-8-15(11-19)9-7-14/h3-9,19H,10-11H2,1-2H3,(H,18,20). The Bertz CT molecular complexity index is 603. The van der Waals surface area contributed by atoms with Crippen LogP contribution < -0.4 is 5.32 Å². The number of carbonyl (C=O) groups excluding carboxylic acids is 1. The van der Waals surface area contributed by atoms with E-state index in [1.807, 2.05) is 56.3 Å². The molecule has 0 radical (unpaired) electrons. The highest BCUT2D eigenvalue weighted by Crippen LogP contribution is 2.13. The van der Waals surface area contributed by atoms with E-state index in [1.165, 1.54) is 0 Å². The van der Waals surface area contributed by atoms with Gasteiger partial charge in [0, 0.05) is 12.1 Å². The third kappa shape index (κ3) is 3.25. The first-order valence-electron chi connectivity index (χ1n) is 6.65. The van der Waals surface area contributed by atoms with Crippen molar-refractivity contribution >= 4 is 5.91 Å². The van der Waals surface area contributed by atoms with Crippen LogP contribution in [0.2, 0.25) is 0 Å². The topological polar surface area (TPSA) is 49.3 Å². The second-order valence-corrected chi connectivity index (χ2v) is 4.90. The van der Waals surface area contributed by atoms with Crippen LogP contribution in [0.5, 0.6) is 0 Å². The van der Waals surface area contributed by atoms with Gasteiger partial charge in [0.25, 0.3) is 5.91 Å². The highest BCUT2D eigenvalue weighted by atomic mass is 16.3. The summed E-state index contributed by atoms with van der Waals surface area (Å²) in [4.78, 5) is 12.2. The summed E-state index contributed by atoms with van der Waals surface area (Å²) in [6.07, 6.45) is 0.